The largest absolute Gasteiger partial charge is 0.389 e. The predicted molar refractivity (Wildman–Crippen MR) is 78.9 cm³/mol. The number of benzene rings is 1. The van der Waals surface area contributed by atoms with E-state index in [2.05, 4.69) is 12.2 Å². The van der Waals surface area contributed by atoms with Gasteiger partial charge in [0.1, 0.15) is 10.8 Å². The summed E-state index contributed by atoms with van der Waals surface area (Å²) in [7, 11) is 0. The summed E-state index contributed by atoms with van der Waals surface area (Å²) in [6.07, 6.45) is 2.30. The van der Waals surface area contributed by atoms with Crippen molar-refractivity contribution in [1.82, 2.24) is 0 Å². The molecule has 0 amide bonds. The molecule has 0 radical (unpaired) electrons. The molecule has 19 heavy (non-hydrogen) atoms. The summed E-state index contributed by atoms with van der Waals surface area (Å²) in [6.45, 7) is 3.64. The van der Waals surface area contributed by atoms with Gasteiger partial charge in [-0.25, -0.2) is 4.39 Å². The molecule has 5 heteroatoms. The van der Waals surface area contributed by atoms with Gasteiger partial charge in [0.2, 0.25) is 0 Å². The summed E-state index contributed by atoms with van der Waals surface area (Å²) < 4.78 is 19.5. The van der Waals surface area contributed by atoms with Crippen LogP contribution < -0.4 is 11.1 Å². The number of hydrogen-bond donors (Lipinski definition) is 2. The number of nitrogens with two attached hydrogens (primary N) is 1. The molecule has 0 aliphatic carbocycles. The van der Waals surface area contributed by atoms with Crippen molar-refractivity contribution >= 4 is 22.9 Å². The Morgan fingerprint density at radius 1 is 1.58 bits per heavy atom. The second kappa shape index (κ2) is 6.30. The highest BCUT2D eigenvalue weighted by Gasteiger charge is 2.26. The Balaban J connectivity index is 1.98. The quantitative estimate of drug-likeness (QED) is 0.815. The minimum Gasteiger partial charge on any atom is -0.389 e. The molecule has 1 aliphatic heterocycles. The molecule has 0 bridgehead atoms. The maximum absolute atomic E-state index is 13.9. The highest BCUT2D eigenvalue weighted by atomic mass is 32.1. The fraction of sp³-hybridized carbons (Fsp3) is 0.500. The van der Waals surface area contributed by atoms with Crippen LogP contribution in [0.1, 0.15) is 25.3 Å². The highest BCUT2D eigenvalue weighted by Crippen LogP contribution is 2.24. The Labute approximate surface area is 118 Å². The van der Waals surface area contributed by atoms with E-state index in [0.717, 1.165) is 26.0 Å². The van der Waals surface area contributed by atoms with E-state index in [-0.39, 0.29) is 16.9 Å². The van der Waals surface area contributed by atoms with E-state index in [0.29, 0.717) is 17.2 Å². The van der Waals surface area contributed by atoms with Gasteiger partial charge in [0, 0.05) is 24.6 Å². The van der Waals surface area contributed by atoms with Crippen molar-refractivity contribution in [1.29, 1.82) is 0 Å². The summed E-state index contributed by atoms with van der Waals surface area (Å²) in [4.78, 5) is 0.209. The summed E-state index contributed by atoms with van der Waals surface area (Å²) in [5.74, 6) is 0.122. The maximum Gasteiger partial charge on any atom is 0.146 e. The van der Waals surface area contributed by atoms with Gasteiger partial charge in [-0.05, 0) is 31.0 Å². The average Bonchev–Trinajstić information content (AvgIpc) is 2.84. The van der Waals surface area contributed by atoms with Crippen LogP contribution in [0.25, 0.3) is 0 Å². The van der Waals surface area contributed by atoms with Crippen LogP contribution in [0.3, 0.4) is 0 Å². The van der Waals surface area contributed by atoms with E-state index in [4.69, 9.17) is 22.7 Å². The second-order valence-corrected chi connectivity index (χ2v) is 5.25. The minimum absolute atomic E-state index is 0.209. The van der Waals surface area contributed by atoms with Gasteiger partial charge < -0.3 is 15.8 Å². The number of anilines is 1. The second-order valence-electron chi connectivity index (χ2n) is 4.81. The van der Waals surface area contributed by atoms with Crippen LogP contribution in [-0.2, 0) is 4.74 Å². The number of nitrogens with one attached hydrogen (secondary N) is 1. The molecule has 1 aliphatic rings. The Morgan fingerprint density at radius 2 is 2.37 bits per heavy atom. The smallest absolute Gasteiger partial charge is 0.146 e. The summed E-state index contributed by atoms with van der Waals surface area (Å²) >= 11 is 4.82. The van der Waals surface area contributed by atoms with Crippen LogP contribution in [0.5, 0.6) is 0 Å². The summed E-state index contributed by atoms with van der Waals surface area (Å²) in [5, 5.41) is 3.15. The van der Waals surface area contributed by atoms with E-state index in [9.17, 15) is 4.39 Å². The van der Waals surface area contributed by atoms with Crippen molar-refractivity contribution in [3.05, 3.63) is 29.6 Å². The maximum atomic E-state index is 13.9. The van der Waals surface area contributed by atoms with Crippen molar-refractivity contribution in [2.75, 3.05) is 18.5 Å². The third kappa shape index (κ3) is 3.42. The lowest BCUT2D eigenvalue weighted by atomic mass is 9.99. The Morgan fingerprint density at radius 3 is 3.00 bits per heavy atom. The standard InChI is InChI=1S/C14H19FN2OS/c1-2-13-10(5-6-18-13)8-17-12-4-3-9(14(16)19)7-11(12)15/h3-4,7,10,13,17H,2,5-6,8H2,1H3,(H2,16,19). The molecule has 1 saturated heterocycles. The van der Waals surface area contributed by atoms with Gasteiger partial charge in [-0.2, -0.15) is 0 Å². The van der Waals surface area contributed by atoms with E-state index in [1.165, 1.54) is 6.07 Å². The number of rotatable bonds is 5. The van der Waals surface area contributed by atoms with Crippen molar-refractivity contribution in [3.63, 3.8) is 0 Å². The van der Waals surface area contributed by atoms with Gasteiger partial charge >= 0.3 is 0 Å². The Kier molecular flexibility index (Phi) is 4.71. The number of halogens is 1. The van der Waals surface area contributed by atoms with Crippen LogP contribution >= 0.6 is 12.2 Å². The molecular weight excluding hydrogens is 263 g/mol. The highest BCUT2D eigenvalue weighted by molar-refractivity contribution is 7.80. The first-order chi connectivity index (χ1) is 9.11. The number of thiocarbonyl (C=S) groups is 1. The van der Waals surface area contributed by atoms with Crippen molar-refractivity contribution in [2.24, 2.45) is 11.7 Å². The summed E-state index contributed by atoms with van der Waals surface area (Å²) in [5.41, 5.74) is 6.51. The summed E-state index contributed by atoms with van der Waals surface area (Å²) in [6, 6.07) is 4.78. The lowest BCUT2D eigenvalue weighted by molar-refractivity contribution is 0.0900. The number of ether oxygens (including phenoxy) is 1. The molecule has 2 atom stereocenters. The van der Waals surface area contributed by atoms with Crippen molar-refractivity contribution in [2.45, 2.75) is 25.9 Å². The number of hydrogen-bond acceptors (Lipinski definition) is 3. The fourth-order valence-electron chi connectivity index (χ4n) is 2.43. The van der Waals surface area contributed by atoms with Gasteiger partial charge in [-0.1, -0.05) is 19.1 Å². The molecule has 3 N–H and O–H groups in total. The van der Waals surface area contributed by atoms with Crippen LogP contribution in [0.15, 0.2) is 18.2 Å². The SMILES string of the molecule is CCC1OCCC1CNc1ccc(C(N)=S)cc1F. The first-order valence-electron chi connectivity index (χ1n) is 6.56. The molecule has 1 aromatic rings. The van der Waals surface area contributed by atoms with E-state index >= 15 is 0 Å². The molecule has 104 valence electrons. The van der Waals surface area contributed by atoms with Crippen molar-refractivity contribution in [3.8, 4) is 0 Å². The van der Waals surface area contributed by atoms with E-state index < -0.39 is 0 Å². The fourth-order valence-corrected chi connectivity index (χ4v) is 2.56. The van der Waals surface area contributed by atoms with E-state index in [1.54, 1.807) is 12.1 Å². The van der Waals surface area contributed by atoms with Gasteiger partial charge in [-0.3, -0.25) is 0 Å². The van der Waals surface area contributed by atoms with Crippen LogP contribution in [-0.4, -0.2) is 24.2 Å². The van der Waals surface area contributed by atoms with Crippen molar-refractivity contribution < 1.29 is 9.13 Å². The first kappa shape index (κ1) is 14.2. The molecule has 1 fully saturated rings. The molecule has 1 aromatic carbocycles. The molecule has 3 nitrogen and oxygen atoms in total. The van der Waals surface area contributed by atoms with Crippen LogP contribution in [0.4, 0.5) is 10.1 Å². The lowest BCUT2D eigenvalue weighted by Crippen LogP contribution is -2.23. The zero-order valence-corrected chi connectivity index (χ0v) is 11.8. The predicted octanol–water partition coefficient (Wildman–Crippen LogP) is 2.69. The van der Waals surface area contributed by atoms with Gasteiger partial charge in [0.15, 0.2) is 0 Å². The molecule has 0 spiro atoms. The topological polar surface area (TPSA) is 47.3 Å². The zero-order chi connectivity index (χ0) is 13.8. The average molecular weight is 282 g/mol. The molecule has 2 rings (SSSR count). The first-order valence-corrected chi connectivity index (χ1v) is 6.97. The molecule has 1 heterocycles. The Bertz CT molecular complexity index is 467. The monoisotopic (exact) mass is 282 g/mol. The van der Waals surface area contributed by atoms with Gasteiger partial charge in [-0.15, -0.1) is 0 Å². The molecule has 0 saturated carbocycles. The normalized spacial score (nSPS) is 22.4. The third-order valence-electron chi connectivity index (χ3n) is 3.56. The lowest BCUT2D eigenvalue weighted by Gasteiger charge is -2.18. The third-order valence-corrected chi connectivity index (χ3v) is 3.79. The minimum atomic E-state index is -0.322. The van der Waals surface area contributed by atoms with Crippen LogP contribution in [0.2, 0.25) is 0 Å². The molecule has 2 unspecified atom stereocenters. The Hall–Kier alpha value is -1.20. The molecular formula is C14H19FN2OS. The molecule has 0 aromatic heterocycles. The van der Waals surface area contributed by atoms with Gasteiger partial charge in [0.25, 0.3) is 0 Å². The zero-order valence-electron chi connectivity index (χ0n) is 11.0. The van der Waals surface area contributed by atoms with E-state index in [1.807, 2.05) is 0 Å². The van der Waals surface area contributed by atoms with Gasteiger partial charge in [0.05, 0.1) is 11.8 Å². The van der Waals surface area contributed by atoms with Crippen LogP contribution in [0, 0.1) is 11.7 Å².